The molecule has 2 heterocycles. The van der Waals surface area contributed by atoms with Crippen molar-refractivity contribution in [1.29, 1.82) is 0 Å². The van der Waals surface area contributed by atoms with Crippen LogP contribution in [0.4, 0.5) is 5.69 Å². The molecule has 0 amide bonds. The highest BCUT2D eigenvalue weighted by molar-refractivity contribution is 7.67. The van der Waals surface area contributed by atoms with E-state index in [-0.39, 0.29) is 23.0 Å². The van der Waals surface area contributed by atoms with Crippen molar-refractivity contribution in [2.24, 2.45) is 0 Å². The fourth-order valence-electron chi connectivity index (χ4n) is 2.13. The van der Waals surface area contributed by atoms with Gasteiger partial charge in [-0.25, -0.2) is 4.21 Å². The van der Waals surface area contributed by atoms with Gasteiger partial charge in [-0.05, 0) is 25.1 Å². The highest BCUT2D eigenvalue weighted by atomic mass is 32.1. The first-order valence-electron chi connectivity index (χ1n) is 5.69. The van der Waals surface area contributed by atoms with Crippen molar-refractivity contribution in [2.75, 3.05) is 6.79 Å². The number of allylic oxidation sites excluding steroid dienone is 2. The lowest BCUT2D eigenvalue weighted by molar-refractivity contribution is 0.174. The maximum absolute atomic E-state index is 13.0. The number of nitrogens with zero attached hydrogens (tertiary/aromatic N) is 1. The van der Waals surface area contributed by atoms with E-state index in [1.165, 1.54) is 6.20 Å². The van der Waals surface area contributed by atoms with E-state index in [0.717, 1.165) is 0 Å². The van der Waals surface area contributed by atoms with Crippen molar-refractivity contribution in [2.45, 2.75) is 6.92 Å². The zero-order chi connectivity index (χ0) is 13.5. The molecule has 0 radical (unpaired) electrons. The van der Waals surface area contributed by atoms with Crippen LogP contribution < -0.4 is 14.1 Å². The molecule has 2 aliphatic heterocycles. The summed E-state index contributed by atoms with van der Waals surface area (Å²) in [6.45, 7) is 1.90. The zero-order valence-corrected chi connectivity index (χ0v) is 11.0. The molecule has 2 aliphatic rings. The average Bonchev–Trinajstić information content (AvgIpc) is 2.86. The molecule has 0 saturated heterocycles. The molecule has 1 aromatic rings. The van der Waals surface area contributed by atoms with Crippen LogP contribution in [0.2, 0.25) is 0 Å². The van der Waals surface area contributed by atoms with Gasteiger partial charge in [0.2, 0.25) is 11.8 Å². The maximum Gasteiger partial charge on any atom is 0.239 e. The Morgan fingerprint density at radius 3 is 2.89 bits per heavy atom. The number of hydrogen-bond donors (Lipinski definition) is 0. The second-order valence-electron chi connectivity index (χ2n) is 4.28. The second kappa shape index (κ2) is 4.34. The van der Waals surface area contributed by atoms with E-state index in [4.69, 9.17) is 9.47 Å². The third-order valence-electron chi connectivity index (χ3n) is 3.10. The summed E-state index contributed by atoms with van der Waals surface area (Å²) in [5, 5.41) is 13.0. The van der Waals surface area contributed by atoms with E-state index < -0.39 is 4.65 Å². The smallest absolute Gasteiger partial charge is 0.239 e. The predicted octanol–water partition coefficient (Wildman–Crippen LogP) is 2.04. The van der Waals surface area contributed by atoms with Gasteiger partial charge in [-0.2, -0.15) is 0 Å². The van der Waals surface area contributed by atoms with Gasteiger partial charge in [-0.1, -0.05) is 0 Å². The van der Waals surface area contributed by atoms with E-state index in [0.29, 0.717) is 22.8 Å². The Labute approximate surface area is 113 Å². The van der Waals surface area contributed by atoms with Crippen LogP contribution in [0.25, 0.3) is 0 Å². The highest BCUT2D eigenvalue weighted by Gasteiger charge is 2.31. The summed E-state index contributed by atoms with van der Waals surface area (Å²) in [7, 11) is 0. The molecule has 1 unspecified atom stereocenters. The van der Waals surface area contributed by atoms with Crippen LogP contribution in [0.3, 0.4) is 0 Å². The van der Waals surface area contributed by atoms with Crippen LogP contribution >= 0.6 is 0 Å². The Morgan fingerprint density at radius 1 is 1.32 bits per heavy atom. The van der Waals surface area contributed by atoms with Crippen molar-refractivity contribution in [1.82, 2.24) is 4.65 Å². The molecular weight excluding hydrogens is 266 g/mol. The Balaban J connectivity index is 2.13. The lowest BCUT2D eigenvalue weighted by atomic mass is 10.1. The summed E-state index contributed by atoms with van der Waals surface area (Å²) in [6.07, 6.45) is 4.85. The monoisotopic (exact) mass is 277 g/mol. The first-order chi connectivity index (χ1) is 9.15. The van der Waals surface area contributed by atoms with E-state index in [2.05, 4.69) is 0 Å². The van der Waals surface area contributed by atoms with E-state index >= 15 is 0 Å². The van der Waals surface area contributed by atoms with Crippen molar-refractivity contribution < 1.29 is 13.7 Å². The Morgan fingerprint density at radius 2 is 2.11 bits per heavy atom. The largest absolute Gasteiger partial charge is 0.616 e. The second-order valence-corrected chi connectivity index (χ2v) is 4.83. The molecule has 0 spiro atoms. The molecule has 0 saturated carbocycles. The molecular formula is C13H11NO4S. The molecule has 1 aromatic carbocycles. The average molecular weight is 277 g/mol. The van der Waals surface area contributed by atoms with Crippen molar-refractivity contribution in [3.63, 3.8) is 0 Å². The number of quaternary nitrogens is 1. The van der Waals surface area contributed by atoms with Crippen molar-refractivity contribution >= 4 is 21.9 Å². The van der Waals surface area contributed by atoms with E-state index in [9.17, 15) is 9.42 Å². The van der Waals surface area contributed by atoms with Crippen molar-refractivity contribution in [3.8, 4) is 11.5 Å². The fraction of sp³-hybridized carbons (Fsp3) is 0.154. The number of ether oxygens (including phenoxy) is 2. The minimum atomic E-state index is -0.896. The molecule has 0 fully saturated rings. The molecule has 0 bridgehead atoms. The minimum Gasteiger partial charge on any atom is -0.616 e. The number of benzene rings is 1. The van der Waals surface area contributed by atoms with Crippen LogP contribution in [-0.2, 0) is 11.3 Å². The first kappa shape index (κ1) is 12.2. The van der Waals surface area contributed by atoms with Gasteiger partial charge in [-0.3, -0.25) is 4.65 Å². The summed E-state index contributed by atoms with van der Waals surface area (Å²) in [5.41, 5.74) is 1.10. The molecule has 0 aliphatic carbocycles. The van der Waals surface area contributed by atoms with Crippen LogP contribution in [0.1, 0.15) is 6.92 Å². The van der Waals surface area contributed by atoms with Gasteiger partial charge >= 0.3 is 0 Å². The van der Waals surface area contributed by atoms with Gasteiger partial charge in [0.25, 0.3) is 0 Å². The van der Waals surface area contributed by atoms with E-state index in [1.54, 1.807) is 37.3 Å². The number of hydrogen-bond acceptors (Lipinski definition) is 4. The Bertz CT molecular complexity index is 661. The van der Waals surface area contributed by atoms with Gasteiger partial charge in [0.15, 0.2) is 22.8 Å². The molecule has 0 N–H and O–H groups in total. The third-order valence-corrected chi connectivity index (χ3v) is 3.85. The molecule has 98 valence electrons. The summed E-state index contributed by atoms with van der Waals surface area (Å²) in [6, 6.07) is 4.96. The zero-order valence-electron chi connectivity index (χ0n) is 10.2. The third kappa shape index (κ3) is 1.81. The van der Waals surface area contributed by atoms with Crippen LogP contribution in [0, 0.1) is 5.21 Å². The Hall–Kier alpha value is -1.89. The maximum atomic E-state index is 13.0. The molecule has 1 atom stereocenters. The standard InChI is InChI=1S/C13H11NO4S/c1-9-3-2-6-14(15,13(9)19-16)10-4-5-11-12(7-10)18-8-17-11/h2-7H,8H2,1H3. The highest BCUT2D eigenvalue weighted by Crippen LogP contribution is 2.38. The lowest BCUT2D eigenvalue weighted by Crippen LogP contribution is -2.45. The van der Waals surface area contributed by atoms with Gasteiger partial charge in [0, 0.05) is 17.7 Å². The SMILES string of the molecule is CC1=CC=C[N+]([O-])(c2ccc3c(c2)OCO3)C1=S=O. The quantitative estimate of drug-likeness (QED) is 0.448. The van der Waals surface area contributed by atoms with Crippen molar-refractivity contribution in [3.05, 3.63) is 47.3 Å². The van der Waals surface area contributed by atoms with Gasteiger partial charge in [-0.15, -0.1) is 0 Å². The summed E-state index contributed by atoms with van der Waals surface area (Å²) in [4.78, 5) is 0.210. The van der Waals surface area contributed by atoms with E-state index in [1.807, 2.05) is 0 Å². The van der Waals surface area contributed by atoms with Gasteiger partial charge in [0.1, 0.15) is 11.9 Å². The number of hydroxylamine groups is 2. The normalized spacial score (nSPS) is 24.3. The molecule has 6 heteroatoms. The summed E-state index contributed by atoms with van der Waals surface area (Å²) < 4.78 is 20.8. The lowest BCUT2D eigenvalue weighted by Gasteiger charge is -2.39. The fourth-order valence-corrected chi connectivity index (χ4v) is 2.60. The number of fused-ring (bicyclic) bond motifs is 1. The summed E-state index contributed by atoms with van der Waals surface area (Å²) in [5.74, 6) is 1.14. The van der Waals surface area contributed by atoms with Crippen LogP contribution in [0.15, 0.2) is 42.1 Å². The predicted molar refractivity (Wildman–Crippen MR) is 73.8 cm³/mol. The minimum absolute atomic E-state index is 0.152. The van der Waals surface area contributed by atoms with Crippen LogP contribution in [0.5, 0.6) is 11.5 Å². The van der Waals surface area contributed by atoms with Gasteiger partial charge < -0.3 is 14.7 Å². The first-order valence-corrected chi connectivity index (χ1v) is 6.43. The Kier molecular flexibility index (Phi) is 2.78. The molecule has 3 rings (SSSR count). The molecule has 19 heavy (non-hydrogen) atoms. The number of rotatable bonds is 1. The van der Waals surface area contributed by atoms with Gasteiger partial charge in [0.05, 0.1) is 0 Å². The molecule has 5 nitrogen and oxygen atoms in total. The topological polar surface area (TPSA) is 58.6 Å². The van der Waals surface area contributed by atoms with Crippen LogP contribution in [-0.4, -0.2) is 16.0 Å². The molecule has 0 aromatic heterocycles. The summed E-state index contributed by atoms with van der Waals surface area (Å²) >= 11 is 0.224.